The Hall–Kier alpha value is -1.89. The van der Waals surface area contributed by atoms with Crippen molar-refractivity contribution in [1.82, 2.24) is 5.16 Å². The van der Waals surface area contributed by atoms with Gasteiger partial charge in [0.25, 0.3) is 10.0 Å². The van der Waals surface area contributed by atoms with Gasteiger partial charge in [0.1, 0.15) is 17.0 Å². The van der Waals surface area contributed by atoms with E-state index >= 15 is 0 Å². The van der Waals surface area contributed by atoms with E-state index in [1.165, 1.54) is 24.5 Å². The van der Waals surface area contributed by atoms with Gasteiger partial charge in [-0.2, -0.15) is 0 Å². The van der Waals surface area contributed by atoms with Crippen molar-refractivity contribution in [3.05, 3.63) is 42.4 Å². The molecule has 7 heteroatoms. The SMILES string of the molecule is O=S(=O)(Nc1ccon1)c1ccccc1F. The van der Waals surface area contributed by atoms with Gasteiger partial charge in [0.05, 0.1) is 0 Å². The summed E-state index contributed by atoms with van der Waals surface area (Å²) in [7, 11) is -3.96. The molecule has 2 aromatic rings. The first-order valence-corrected chi connectivity index (χ1v) is 5.75. The standard InChI is InChI=1S/C9H7FN2O3S/c10-7-3-1-2-4-8(7)16(13,14)12-9-5-6-15-11-9/h1-6H,(H,11,12). The molecule has 0 fully saturated rings. The molecule has 0 aliphatic carbocycles. The third-order valence-corrected chi connectivity index (χ3v) is 3.19. The molecule has 0 unspecified atom stereocenters. The molecule has 0 radical (unpaired) electrons. The average Bonchev–Trinajstić information content (AvgIpc) is 2.70. The molecule has 1 aromatic carbocycles. The number of nitrogens with zero attached hydrogens (tertiary/aromatic N) is 1. The van der Waals surface area contributed by atoms with E-state index in [-0.39, 0.29) is 5.82 Å². The molecule has 0 saturated heterocycles. The Morgan fingerprint density at radius 2 is 2.00 bits per heavy atom. The maximum absolute atomic E-state index is 13.3. The second kappa shape index (κ2) is 3.93. The Morgan fingerprint density at radius 1 is 1.25 bits per heavy atom. The Labute approximate surface area is 90.9 Å². The Balaban J connectivity index is 2.37. The van der Waals surface area contributed by atoms with E-state index in [4.69, 9.17) is 0 Å². The number of aromatic nitrogens is 1. The fourth-order valence-corrected chi connectivity index (χ4v) is 2.19. The van der Waals surface area contributed by atoms with Gasteiger partial charge in [0.2, 0.25) is 0 Å². The molecule has 1 heterocycles. The van der Waals surface area contributed by atoms with Crippen LogP contribution in [0.1, 0.15) is 0 Å². The summed E-state index contributed by atoms with van der Waals surface area (Å²) in [5, 5.41) is 3.37. The van der Waals surface area contributed by atoms with E-state index in [9.17, 15) is 12.8 Å². The van der Waals surface area contributed by atoms with E-state index in [0.29, 0.717) is 0 Å². The van der Waals surface area contributed by atoms with Crippen LogP contribution in [0.5, 0.6) is 0 Å². The van der Waals surface area contributed by atoms with Crippen molar-refractivity contribution >= 4 is 15.8 Å². The van der Waals surface area contributed by atoms with Crippen molar-refractivity contribution in [3.8, 4) is 0 Å². The van der Waals surface area contributed by atoms with E-state index in [1.807, 2.05) is 0 Å². The maximum Gasteiger partial charge on any atom is 0.266 e. The quantitative estimate of drug-likeness (QED) is 0.887. The van der Waals surface area contributed by atoms with Gasteiger partial charge in [-0.3, -0.25) is 4.72 Å². The minimum Gasteiger partial charge on any atom is -0.363 e. The fourth-order valence-electron chi connectivity index (χ4n) is 1.12. The lowest BCUT2D eigenvalue weighted by atomic mass is 10.4. The van der Waals surface area contributed by atoms with Crippen LogP contribution in [0, 0.1) is 5.82 Å². The van der Waals surface area contributed by atoms with Gasteiger partial charge in [-0.05, 0) is 12.1 Å². The second-order valence-electron chi connectivity index (χ2n) is 2.92. The Morgan fingerprint density at radius 3 is 2.62 bits per heavy atom. The summed E-state index contributed by atoms with van der Waals surface area (Å²) in [5.41, 5.74) is 0. The largest absolute Gasteiger partial charge is 0.363 e. The third-order valence-electron chi connectivity index (χ3n) is 1.80. The summed E-state index contributed by atoms with van der Waals surface area (Å²) in [6.07, 6.45) is 1.21. The monoisotopic (exact) mass is 242 g/mol. The topological polar surface area (TPSA) is 72.2 Å². The highest BCUT2D eigenvalue weighted by Gasteiger charge is 2.19. The fraction of sp³-hybridized carbons (Fsp3) is 0. The summed E-state index contributed by atoms with van der Waals surface area (Å²) < 4.78 is 43.2. The highest BCUT2D eigenvalue weighted by Crippen LogP contribution is 2.16. The van der Waals surface area contributed by atoms with Crippen LogP contribution in [0.25, 0.3) is 0 Å². The molecule has 0 saturated carbocycles. The zero-order chi connectivity index (χ0) is 11.6. The van der Waals surface area contributed by atoms with Crippen LogP contribution in [0.4, 0.5) is 10.2 Å². The summed E-state index contributed by atoms with van der Waals surface area (Å²) in [4.78, 5) is -0.432. The molecule has 0 atom stereocenters. The minimum atomic E-state index is -3.96. The first kappa shape index (κ1) is 10.6. The third kappa shape index (κ3) is 2.03. The molecular formula is C9H7FN2O3S. The predicted octanol–water partition coefficient (Wildman–Crippen LogP) is 1.61. The number of nitrogens with one attached hydrogen (secondary N) is 1. The lowest BCUT2D eigenvalue weighted by Gasteiger charge is -2.05. The zero-order valence-corrected chi connectivity index (χ0v) is 8.74. The van der Waals surface area contributed by atoms with Crippen molar-refractivity contribution in [1.29, 1.82) is 0 Å². The summed E-state index contributed by atoms with van der Waals surface area (Å²) >= 11 is 0. The lowest BCUT2D eigenvalue weighted by Crippen LogP contribution is -2.14. The van der Waals surface area contributed by atoms with E-state index in [2.05, 4.69) is 14.4 Å². The number of hydrogen-bond donors (Lipinski definition) is 1. The normalized spacial score (nSPS) is 11.3. The summed E-state index contributed by atoms with van der Waals surface area (Å²) in [6, 6.07) is 6.39. The molecule has 2 rings (SSSR count). The van der Waals surface area contributed by atoms with Crippen molar-refractivity contribution in [2.75, 3.05) is 4.72 Å². The lowest BCUT2D eigenvalue weighted by molar-refractivity contribution is 0.423. The molecule has 1 N–H and O–H groups in total. The van der Waals surface area contributed by atoms with Crippen molar-refractivity contribution < 1.29 is 17.3 Å². The molecule has 0 aliphatic heterocycles. The van der Waals surface area contributed by atoms with Gasteiger partial charge >= 0.3 is 0 Å². The minimum absolute atomic E-state index is 0.00301. The van der Waals surface area contributed by atoms with Crippen LogP contribution >= 0.6 is 0 Å². The highest BCUT2D eigenvalue weighted by molar-refractivity contribution is 7.92. The van der Waals surface area contributed by atoms with Crippen molar-refractivity contribution in [3.63, 3.8) is 0 Å². The number of halogens is 1. The van der Waals surface area contributed by atoms with E-state index in [0.717, 1.165) is 12.1 Å². The zero-order valence-electron chi connectivity index (χ0n) is 7.92. The smallest absolute Gasteiger partial charge is 0.266 e. The molecule has 0 amide bonds. The van der Waals surface area contributed by atoms with Crippen LogP contribution in [-0.4, -0.2) is 13.6 Å². The number of benzene rings is 1. The molecule has 0 aliphatic rings. The van der Waals surface area contributed by atoms with Crippen LogP contribution < -0.4 is 4.72 Å². The number of rotatable bonds is 3. The van der Waals surface area contributed by atoms with Crippen molar-refractivity contribution in [2.45, 2.75) is 4.90 Å². The number of hydrogen-bond acceptors (Lipinski definition) is 4. The van der Waals surface area contributed by atoms with Crippen molar-refractivity contribution in [2.24, 2.45) is 0 Å². The highest BCUT2D eigenvalue weighted by atomic mass is 32.2. The Kier molecular flexibility index (Phi) is 2.61. The first-order valence-electron chi connectivity index (χ1n) is 4.27. The van der Waals surface area contributed by atoms with Gasteiger partial charge in [0.15, 0.2) is 5.82 Å². The molecular weight excluding hydrogens is 235 g/mol. The average molecular weight is 242 g/mol. The number of sulfonamides is 1. The van der Waals surface area contributed by atoms with Gasteiger partial charge in [0, 0.05) is 6.07 Å². The Bertz CT molecular complexity index is 581. The van der Waals surface area contributed by atoms with Crippen LogP contribution in [0.15, 0.2) is 46.0 Å². The van der Waals surface area contributed by atoms with Gasteiger partial charge in [-0.15, -0.1) is 0 Å². The molecule has 84 valence electrons. The van der Waals surface area contributed by atoms with Crippen LogP contribution in [0.3, 0.4) is 0 Å². The predicted molar refractivity (Wildman–Crippen MR) is 53.7 cm³/mol. The molecule has 16 heavy (non-hydrogen) atoms. The van der Waals surface area contributed by atoms with E-state index < -0.39 is 20.7 Å². The maximum atomic E-state index is 13.3. The van der Waals surface area contributed by atoms with Gasteiger partial charge < -0.3 is 4.52 Å². The molecule has 0 spiro atoms. The molecule has 1 aromatic heterocycles. The van der Waals surface area contributed by atoms with Crippen LogP contribution in [-0.2, 0) is 10.0 Å². The van der Waals surface area contributed by atoms with Gasteiger partial charge in [-0.1, -0.05) is 17.3 Å². The van der Waals surface area contributed by atoms with E-state index in [1.54, 1.807) is 0 Å². The summed E-state index contributed by atoms with van der Waals surface area (Å²) in [5.74, 6) is -0.818. The summed E-state index contributed by atoms with van der Waals surface area (Å²) in [6.45, 7) is 0. The first-order chi connectivity index (χ1) is 7.59. The van der Waals surface area contributed by atoms with Gasteiger partial charge in [-0.25, -0.2) is 12.8 Å². The number of anilines is 1. The second-order valence-corrected chi connectivity index (χ2v) is 4.57. The van der Waals surface area contributed by atoms with Crippen LogP contribution in [0.2, 0.25) is 0 Å². The molecule has 5 nitrogen and oxygen atoms in total. The molecule has 0 bridgehead atoms.